The number of thiophene rings is 1. The number of H-pyrrole nitrogens is 1. The van der Waals surface area contributed by atoms with Gasteiger partial charge in [-0.1, -0.05) is 20.8 Å². The summed E-state index contributed by atoms with van der Waals surface area (Å²) in [6.07, 6.45) is 2.21. The third kappa shape index (κ3) is 4.84. The van der Waals surface area contributed by atoms with Crippen LogP contribution in [0.4, 0.5) is 11.8 Å². The molecule has 1 aliphatic rings. The van der Waals surface area contributed by atoms with Crippen molar-refractivity contribution in [2.75, 3.05) is 17.2 Å². The fourth-order valence-electron chi connectivity index (χ4n) is 3.20. The highest BCUT2D eigenvalue weighted by Crippen LogP contribution is 2.28. The first kappa shape index (κ1) is 21.0. The summed E-state index contributed by atoms with van der Waals surface area (Å²) in [6.45, 7) is 7.96. The molecule has 9 heteroatoms. The van der Waals surface area contributed by atoms with E-state index >= 15 is 0 Å². The minimum Gasteiger partial charge on any atom is -0.477 e. The average Bonchev–Trinajstić information content (AvgIpc) is 3.00. The minimum absolute atomic E-state index is 0.148. The predicted molar refractivity (Wildman–Crippen MR) is 113 cm³/mol. The van der Waals surface area contributed by atoms with Crippen LogP contribution >= 0.6 is 11.3 Å². The summed E-state index contributed by atoms with van der Waals surface area (Å²) < 4.78 is 0. The number of aromatic carboxylic acids is 1. The zero-order chi connectivity index (χ0) is 21.3. The van der Waals surface area contributed by atoms with Gasteiger partial charge in [0.2, 0.25) is 11.9 Å². The number of amides is 1. The SMILES string of the molecule is Cc1cc(C(=O)O)sc1CC[C@H]1CNc2nc(NC(=O)C(C)(C)C)[nH]c(=O)c2C1. The fraction of sp³-hybridized carbons (Fsp3) is 0.500. The molecular formula is C20H26N4O4S. The highest BCUT2D eigenvalue weighted by atomic mass is 32.1. The van der Waals surface area contributed by atoms with E-state index in [2.05, 4.69) is 20.6 Å². The van der Waals surface area contributed by atoms with Gasteiger partial charge in [-0.3, -0.25) is 19.9 Å². The Hall–Kier alpha value is -2.68. The van der Waals surface area contributed by atoms with E-state index in [1.807, 2.05) is 6.92 Å². The van der Waals surface area contributed by atoms with Crippen molar-refractivity contribution >= 4 is 35.0 Å². The standard InChI is InChI=1S/C20H26N4O4S/c1-10-7-14(17(26)27)29-13(10)6-5-11-8-12-15(21-9-11)22-19(23-16(12)25)24-18(28)20(2,3)4/h7,11H,5-6,8-9H2,1-4H3,(H,26,27)(H3,21,22,23,24,25,28)/t11-/m1/s1. The van der Waals surface area contributed by atoms with E-state index in [4.69, 9.17) is 5.11 Å². The van der Waals surface area contributed by atoms with E-state index in [-0.39, 0.29) is 23.3 Å². The molecule has 8 nitrogen and oxygen atoms in total. The summed E-state index contributed by atoms with van der Waals surface area (Å²) in [6, 6.07) is 1.71. The summed E-state index contributed by atoms with van der Waals surface area (Å²) in [5, 5.41) is 15.0. The van der Waals surface area contributed by atoms with Gasteiger partial charge in [0, 0.05) is 16.8 Å². The number of aryl methyl sites for hydroxylation is 2. The molecular weight excluding hydrogens is 392 g/mol. The molecule has 2 aromatic heterocycles. The van der Waals surface area contributed by atoms with Crippen molar-refractivity contribution in [2.24, 2.45) is 11.3 Å². The average molecular weight is 419 g/mol. The van der Waals surface area contributed by atoms with Gasteiger partial charge in [-0.05, 0) is 43.7 Å². The summed E-state index contributed by atoms with van der Waals surface area (Å²) in [5.41, 5.74) is 0.740. The second-order valence-corrected chi connectivity index (χ2v) is 9.59. The Morgan fingerprint density at radius 1 is 1.38 bits per heavy atom. The van der Waals surface area contributed by atoms with Crippen molar-refractivity contribution in [1.29, 1.82) is 0 Å². The number of rotatable bonds is 5. The van der Waals surface area contributed by atoms with Gasteiger partial charge < -0.3 is 10.4 Å². The van der Waals surface area contributed by atoms with Gasteiger partial charge in [0.15, 0.2) is 0 Å². The number of fused-ring (bicyclic) bond motifs is 1. The molecule has 3 rings (SSSR count). The fourth-order valence-corrected chi connectivity index (χ4v) is 4.23. The maximum absolute atomic E-state index is 12.5. The number of nitrogens with one attached hydrogen (secondary N) is 3. The number of carbonyl (C=O) groups excluding carboxylic acids is 1. The molecule has 29 heavy (non-hydrogen) atoms. The molecule has 0 radical (unpaired) electrons. The van der Waals surface area contributed by atoms with Crippen LogP contribution in [0.3, 0.4) is 0 Å². The summed E-state index contributed by atoms with van der Waals surface area (Å²) >= 11 is 1.31. The van der Waals surface area contributed by atoms with E-state index in [1.54, 1.807) is 26.8 Å². The van der Waals surface area contributed by atoms with Gasteiger partial charge in [0.1, 0.15) is 10.7 Å². The Morgan fingerprint density at radius 2 is 2.10 bits per heavy atom. The Balaban J connectivity index is 1.67. The van der Waals surface area contributed by atoms with E-state index in [9.17, 15) is 14.4 Å². The lowest BCUT2D eigenvalue weighted by Crippen LogP contribution is -2.33. The Bertz CT molecular complexity index is 1000. The number of carbonyl (C=O) groups is 2. The lowest BCUT2D eigenvalue weighted by Gasteiger charge is -2.25. The van der Waals surface area contributed by atoms with Crippen LogP contribution in [0.15, 0.2) is 10.9 Å². The Kier molecular flexibility index (Phi) is 5.79. The number of nitrogens with zero attached hydrogens (tertiary/aromatic N) is 1. The van der Waals surface area contributed by atoms with Crippen LogP contribution in [0, 0.1) is 18.3 Å². The lowest BCUT2D eigenvalue weighted by atomic mass is 9.92. The maximum Gasteiger partial charge on any atom is 0.345 e. The smallest absolute Gasteiger partial charge is 0.345 e. The largest absolute Gasteiger partial charge is 0.477 e. The van der Waals surface area contributed by atoms with Crippen molar-refractivity contribution in [3.8, 4) is 0 Å². The van der Waals surface area contributed by atoms with Gasteiger partial charge in [-0.15, -0.1) is 11.3 Å². The molecule has 1 amide bonds. The third-order valence-corrected chi connectivity index (χ3v) is 6.28. The number of carboxylic acids is 1. The quantitative estimate of drug-likeness (QED) is 0.592. The van der Waals surface area contributed by atoms with Crippen molar-refractivity contribution in [3.05, 3.63) is 37.3 Å². The van der Waals surface area contributed by atoms with Crippen molar-refractivity contribution < 1.29 is 14.7 Å². The first-order chi connectivity index (χ1) is 13.5. The van der Waals surface area contributed by atoms with Crippen LogP contribution in [-0.2, 0) is 17.6 Å². The van der Waals surface area contributed by atoms with Gasteiger partial charge in [0.05, 0.1) is 5.56 Å². The van der Waals surface area contributed by atoms with Gasteiger partial charge in [-0.2, -0.15) is 4.98 Å². The van der Waals surface area contributed by atoms with E-state index in [1.165, 1.54) is 11.3 Å². The molecule has 0 spiro atoms. The van der Waals surface area contributed by atoms with Crippen molar-refractivity contribution in [2.45, 2.75) is 47.0 Å². The number of hydrogen-bond acceptors (Lipinski definition) is 6. The zero-order valence-corrected chi connectivity index (χ0v) is 17.8. The number of hydrogen-bond donors (Lipinski definition) is 4. The van der Waals surface area contributed by atoms with Gasteiger partial charge in [-0.25, -0.2) is 4.79 Å². The first-order valence-electron chi connectivity index (χ1n) is 9.55. The molecule has 0 saturated heterocycles. The number of aromatic amines is 1. The molecule has 0 unspecified atom stereocenters. The predicted octanol–water partition coefficient (Wildman–Crippen LogP) is 3.04. The normalized spacial score (nSPS) is 16.1. The molecule has 1 aliphatic heterocycles. The van der Waals surface area contributed by atoms with Crippen LogP contribution in [0.25, 0.3) is 0 Å². The lowest BCUT2D eigenvalue weighted by molar-refractivity contribution is -0.123. The topological polar surface area (TPSA) is 124 Å². The highest BCUT2D eigenvalue weighted by molar-refractivity contribution is 7.14. The van der Waals surface area contributed by atoms with Crippen LogP contribution in [0.1, 0.15) is 52.9 Å². The van der Waals surface area contributed by atoms with Crippen LogP contribution in [0.2, 0.25) is 0 Å². The summed E-state index contributed by atoms with van der Waals surface area (Å²) in [7, 11) is 0. The van der Waals surface area contributed by atoms with Gasteiger partial charge >= 0.3 is 5.97 Å². The Labute approximate surface area is 172 Å². The van der Waals surface area contributed by atoms with Crippen molar-refractivity contribution in [1.82, 2.24) is 9.97 Å². The van der Waals surface area contributed by atoms with E-state index < -0.39 is 11.4 Å². The monoisotopic (exact) mass is 418 g/mol. The van der Waals surface area contributed by atoms with E-state index in [0.29, 0.717) is 29.2 Å². The van der Waals surface area contributed by atoms with Crippen LogP contribution in [0.5, 0.6) is 0 Å². The Morgan fingerprint density at radius 3 is 2.72 bits per heavy atom. The highest BCUT2D eigenvalue weighted by Gasteiger charge is 2.26. The minimum atomic E-state index is -0.899. The second kappa shape index (κ2) is 7.98. The van der Waals surface area contributed by atoms with Crippen LogP contribution in [-0.4, -0.2) is 33.5 Å². The first-order valence-corrected chi connectivity index (χ1v) is 10.4. The zero-order valence-electron chi connectivity index (χ0n) is 17.0. The second-order valence-electron chi connectivity index (χ2n) is 8.46. The maximum atomic E-state index is 12.5. The number of anilines is 2. The number of aromatic nitrogens is 2. The molecule has 0 aromatic carbocycles. The molecule has 0 fully saturated rings. The molecule has 4 N–H and O–H groups in total. The molecule has 2 aromatic rings. The molecule has 3 heterocycles. The van der Waals surface area contributed by atoms with Gasteiger partial charge in [0.25, 0.3) is 5.56 Å². The van der Waals surface area contributed by atoms with Crippen LogP contribution < -0.4 is 16.2 Å². The van der Waals surface area contributed by atoms with E-state index in [0.717, 1.165) is 23.3 Å². The summed E-state index contributed by atoms with van der Waals surface area (Å²) in [5.74, 6) is -0.217. The van der Waals surface area contributed by atoms with Crippen molar-refractivity contribution in [3.63, 3.8) is 0 Å². The molecule has 0 aliphatic carbocycles. The molecule has 156 valence electrons. The molecule has 1 atom stereocenters. The number of carboxylic acid groups (broad SMARTS) is 1. The summed E-state index contributed by atoms with van der Waals surface area (Å²) in [4.78, 5) is 44.2. The molecule has 0 bridgehead atoms. The third-order valence-electron chi connectivity index (χ3n) is 4.99. The molecule has 0 saturated carbocycles.